The van der Waals surface area contributed by atoms with Gasteiger partial charge in [0.05, 0.1) is 4.92 Å². The van der Waals surface area contributed by atoms with Gasteiger partial charge in [0.1, 0.15) is 17.6 Å². The van der Waals surface area contributed by atoms with Crippen LogP contribution in [0.3, 0.4) is 0 Å². The quantitative estimate of drug-likeness (QED) is 0.433. The fourth-order valence-electron chi connectivity index (χ4n) is 1.74. The first-order valence-corrected chi connectivity index (χ1v) is 6.47. The second-order valence-electron chi connectivity index (χ2n) is 4.33. The Kier molecular flexibility index (Phi) is 3.80. The SMILES string of the molecule is NC1=CC(Sc2ccc(F)cc2)=CC(N)C1(N)[N+](=O)[O-]. The summed E-state index contributed by atoms with van der Waals surface area (Å²) < 4.78 is 12.8. The molecule has 8 heteroatoms. The molecule has 1 aromatic carbocycles. The molecule has 0 fully saturated rings. The fraction of sp³-hybridized carbons (Fsp3) is 0.167. The highest BCUT2D eigenvalue weighted by molar-refractivity contribution is 8.03. The Bertz CT molecular complexity index is 602. The molecular formula is C12H13FN4O2S. The minimum absolute atomic E-state index is 0.109. The molecule has 0 aromatic heterocycles. The molecule has 2 atom stereocenters. The Labute approximate surface area is 118 Å². The van der Waals surface area contributed by atoms with Gasteiger partial charge in [0.25, 0.3) is 0 Å². The van der Waals surface area contributed by atoms with Crippen molar-refractivity contribution in [3.63, 3.8) is 0 Å². The molecule has 106 valence electrons. The van der Waals surface area contributed by atoms with Crippen LogP contribution in [0.5, 0.6) is 0 Å². The van der Waals surface area contributed by atoms with Gasteiger partial charge in [-0.2, -0.15) is 0 Å². The van der Waals surface area contributed by atoms with Gasteiger partial charge in [-0.1, -0.05) is 11.8 Å². The summed E-state index contributed by atoms with van der Waals surface area (Å²) in [7, 11) is 0. The third-order valence-corrected chi connectivity index (χ3v) is 3.96. The lowest BCUT2D eigenvalue weighted by Crippen LogP contribution is -2.64. The van der Waals surface area contributed by atoms with Crippen LogP contribution in [0.2, 0.25) is 0 Å². The number of hydrogen-bond donors (Lipinski definition) is 3. The van der Waals surface area contributed by atoms with Crippen LogP contribution in [0.1, 0.15) is 0 Å². The fourth-order valence-corrected chi connectivity index (χ4v) is 2.69. The molecule has 6 nitrogen and oxygen atoms in total. The van der Waals surface area contributed by atoms with Crippen molar-refractivity contribution in [2.75, 3.05) is 0 Å². The number of nitro groups is 1. The van der Waals surface area contributed by atoms with Gasteiger partial charge in [0, 0.05) is 9.80 Å². The molecule has 0 amide bonds. The predicted octanol–water partition coefficient (Wildman–Crippen LogP) is 0.917. The minimum atomic E-state index is -1.99. The van der Waals surface area contributed by atoms with Gasteiger partial charge in [-0.15, -0.1) is 0 Å². The van der Waals surface area contributed by atoms with Crippen molar-refractivity contribution in [3.05, 3.63) is 63.0 Å². The number of halogens is 1. The third-order valence-electron chi connectivity index (χ3n) is 2.96. The van der Waals surface area contributed by atoms with Gasteiger partial charge in [-0.3, -0.25) is 15.8 Å². The van der Waals surface area contributed by atoms with Crippen LogP contribution in [0.25, 0.3) is 0 Å². The van der Waals surface area contributed by atoms with Crippen molar-refractivity contribution in [2.24, 2.45) is 17.2 Å². The first-order valence-electron chi connectivity index (χ1n) is 5.66. The second-order valence-corrected chi connectivity index (χ2v) is 5.48. The lowest BCUT2D eigenvalue weighted by Gasteiger charge is -2.28. The largest absolute Gasteiger partial charge is 0.395 e. The maximum absolute atomic E-state index is 12.8. The maximum Gasteiger partial charge on any atom is 0.330 e. The van der Waals surface area contributed by atoms with Gasteiger partial charge in [-0.05, 0) is 36.4 Å². The number of benzene rings is 1. The summed E-state index contributed by atoms with van der Waals surface area (Å²) in [6, 6.07) is 4.79. The van der Waals surface area contributed by atoms with Crippen molar-refractivity contribution in [1.82, 2.24) is 0 Å². The Morgan fingerprint density at radius 2 is 1.95 bits per heavy atom. The molecular weight excluding hydrogens is 283 g/mol. The van der Waals surface area contributed by atoms with Crippen LogP contribution in [0.4, 0.5) is 4.39 Å². The van der Waals surface area contributed by atoms with Crippen molar-refractivity contribution in [3.8, 4) is 0 Å². The van der Waals surface area contributed by atoms with E-state index in [2.05, 4.69) is 0 Å². The maximum atomic E-state index is 12.8. The summed E-state index contributed by atoms with van der Waals surface area (Å²) >= 11 is 1.27. The van der Waals surface area contributed by atoms with Gasteiger partial charge >= 0.3 is 5.66 Å². The van der Waals surface area contributed by atoms with Crippen molar-refractivity contribution in [1.29, 1.82) is 0 Å². The van der Waals surface area contributed by atoms with Gasteiger partial charge in [-0.25, -0.2) is 4.39 Å². The first kappa shape index (κ1) is 14.5. The lowest BCUT2D eigenvalue weighted by atomic mass is 9.94. The van der Waals surface area contributed by atoms with Crippen molar-refractivity contribution in [2.45, 2.75) is 16.6 Å². The minimum Gasteiger partial charge on any atom is -0.395 e. The number of allylic oxidation sites excluding steroid dienone is 1. The molecule has 0 heterocycles. The Balaban J connectivity index is 2.24. The van der Waals surface area contributed by atoms with Gasteiger partial charge < -0.3 is 11.5 Å². The van der Waals surface area contributed by atoms with E-state index in [1.807, 2.05) is 0 Å². The molecule has 0 aliphatic heterocycles. The van der Waals surface area contributed by atoms with Crippen molar-refractivity contribution >= 4 is 11.8 Å². The standard InChI is InChI=1S/C12H13FN4O2S/c13-7-1-3-8(4-2-7)20-9-5-10(14)12(16,17(18)19)11(15)6-9/h1-6,10H,14-16H2. The van der Waals surface area contributed by atoms with Gasteiger partial charge in [0.2, 0.25) is 0 Å². The van der Waals surface area contributed by atoms with Crippen LogP contribution in [-0.2, 0) is 0 Å². The summed E-state index contributed by atoms with van der Waals surface area (Å²) in [5, 5.41) is 11.0. The number of rotatable bonds is 3. The van der Waals surface area contributed by atoms with E-state index >= 15 is 0 Å². The molecule has 0 radical (unpaired) electrons. The molecule has 0 bridgehead atoms. The number of thioether (sulfide) groups is 1. The van der Waals surface area contributed by atoms with Crippen molar-refractivity contribution < 1.29 is 9.31 Å². The van der Waals surface area contributed by atoms with E-state index in [0.717, 1.165) is 4.90 Å². The van der Waals surface area contributed by atoms with E-state index in [-0.39, 0.29) is 11.5 Å². The molecule has 2 rings (SSSR count). The van der Waals surface area contributed by atoms with Gasteiger partial charge in [0.15, 0.2) is 0 Å². The number of nitrogens with two attached hydrogens (primary N) is 3. The monoisotopic (exact) mass is 296 g/mol. The topological polar surface area (TPSA) is 121 Å². The summed E-state index contributed by atoms with van der Waals surface area (Å²) in [5.41, 5.74) is 14.9. The van der Waals surface area contributed by atoms with E-state index in [9.17, 15) is 14.5 Å². The zero-order chi connectivity index (χ0) is 14.9. The average molecular weight is 296 g/mol. The third kappa shape index (κ3) is 2.53. The molecule has 0 spiro atoms. The van der Waals surface area contributed by atoms with E-state index in [4.69, 9.17) is 17.2 Å². The van der Waals surface area contributed by atoms with E-state index in [0.29, 0.717) is 4.91 Å². The van der Waals surface area contributed by atoms with Crippen LogP contribution >= 0.6 is 11.8 Å². The predicted molar refractivity (Wildman–Crippen MR) is 74.5 cm³/mol. The molecule has 6 N–H and O–H groups in total. The number of hydrogen-bond acceptors (Lipinski definition) is 6. The van der Waals surface area contributed by atoms with E-state index < -0.39 is 16.6 Å². The highest BCUT2D eigenvalue weighted by Gasteiger charge is 2.49. The smallest absolute Gasteiger partial charge is 0.330 e. The average Bonchev–Trinajstić information content (AvgIpc) is 2.38. The summed E-state index contributed by atoms with van der Waals surface area (Å²) in [6.45, 7) is 0. The molecule has 0 saturated heterocycles. The number of nitrogens with zero attached hydrogens (tertiary/aromatic N) is 1. The van der Waals surface area contributed by atoms with Crippen LogP contribution in [0.15, 0.2) is 51.9 Å². The summed E-state index contributed by atoms with van der Waals surface area (Å²) in [5.74, 6) is -0.340. The molecule has 0 saturated carbocycles. The highest BCUT2D eigenvalue weighted by Crippen LogP contribution is 2.33. The summed E-state index contributed by atoms with van der Waals surface area (Å²) in [6.07, 6.45) is 2.90. The Morgan fingerprint density at radius 3 is 2.45 bits per heavy atom. The summed E-state index contributed by atoms with van der Waals surface area (Å²) in [4.78, 5) is 11.7. The second kappa shape index (κ2) is 5.23. The van der Waals surface area contributed by atoms with E-state index in [1.54, 1.807) is 12.1 Å². The van der Waals surface area contributed by atoms with Crippen LogP contribution in [0, 0.1) is 15.9 Å². The first-order chi connectivity index (χ1) is 9.34. The molecule has 1 aliphatic carbocycles. The van der Waals surface area contributed by atoms with Crippen LogP contribution in [-0.4, -0.2) is 16.6 Å². The zero-order valence-electron chi connectivity index (χ0n) is 10.3. The Hall–Kier alpha value is -1.90. The lowest BCUT2D eigenvalue weighted by molar-refractivity contribution is -0.559. The highest BCUT2D eigenvalue weighted by atomic mass is 32.2. The Morgan fingerprint density at radius 1 is 1.35 bits per heavy atom. The molecule has 20 heavy (non-hydrogen) atoms. The molecule has 1 aromatic rings. The molecule has 2 unspecified atom stereocenters. The normalized spacial score (nSPS) is 25.9. The van der Waals surface area contributed by atoms with Crippen LogP contribution < -0.4 is 17.2 Å². The zero-order valence-corrected chi connectivity index (χ0v) is 11.1. The molecule has 1 aliphatic rings. The van der Waals surface area contributed by atoms with E-state index in [1.165, 1.54) is 36.0 Å².